The molecule has 0 aliphatic carbocycles. The van der Waals surface area contributed by atoms with Crippen molar-refractivity contribution in [2.24, 2.45) is 5.73 Å². The number of fused-ring (bicyclic) bond motifs is 3. The molecule has 5 rings (SSSR count). The van der Waals surface area contributed by atoms with Crippen molar-refractivity contribution < 1.29 is 18.3 Å². The molecule has 0 atom stereocenters. The van der Waals surface area contributed by atoms with Gasteiger partial charge in [-0.2, -0.15) is 8.78 Å². The van der Waals surface area contributed by atoms with Crippen LogP contribution in [0.15, 0.2) is 84.9 Å². The highest BCUT2D eigenvalue weighted by Crippen LogP contribution is 2.36. The first-order valence-corrected chi connectivity index (χ1v) is 10.9. The number of rotatable bonds is 6. The molecule has 0 bridgehead atoms. The summed E-state index contributed by atoms with van der Waals surface area (Å²) in [5, 5.41) is 2.20. The average molecular weight is 477 g/mol. The van der Waals surface area contributed by atoms with Gasteiger partial charge in [0, 0.05) is 26.9 Å². The summed E-state index contributed by atoms with van der Waals surface area (Å²) >= 11 is 6.05. The highest BCUT2D eigenvalue weighted by molar-refractivity contribution is 6.30. The first-order valence-electron chi connectivity index (χ1n) is 10.6. The standard InChI is InChI=1S/C27H19ClF2N2O2/c28-19-11-8-16(9-12-19)17-10-13-20-23(14-17)32(22-6-3-5-21(25(20)22)26(31)33)15-18-4-1-2-7-24(18)34-27(29)30/h1-14,27H,15H2,(H2,31,33). The molecule has 5 aromatic rings. The fourth-order valence-corrected chi connectivity index (χ4v) is 4.48. The summed E-state index contributed by atoms with van der Waals surface area (Å²) in [6, 6.07) is 25.5. The molecular formula is C27H19ClF2N2O2. The van der Waals surface area contributed by atoms with Crippen molar-refractivity contribution in [2.75, 3.05) is 0 Å². The summed E-state index contributed by atoms with van der Waals surface area (Å²) in [7, 11) is 0. The first kappa shape index (κ1) is 21.9. The minimum Gasteiger partial charge on any atom is -0.434 e. The quantitative estimate of drug-likeness (QED) is 0.291. The highest BCUT2D eigenvalue weighted by atomic mass is 35.5. The predicted octanol–water partition coefficient (Wildman–Crippen LogP) is 6.86. The summed E-state index contributed by atoms with van der Waals surface area (Å²) in [5.74, 6) is -0.430. The lowest BCUT2D eigenvalue weighted by Crippen LogP contribution is -2.11. The van der Waals surface area contributed by atoms with Crippen LogP contribution < -0.4 is 10.5 Å². The van der Waals surface area contributed by atoms with E-state index in [2.05, 4.69) is 0 Å². The molecule has 0 saturated heterocycles. The van der Waals surface area contributed by atoms with E-state index in [1.807, 2.05) is 53.1 Å². The molecule has 1 heterocycles. The Morgan fingerprint density at radius 3 is 2.38 bits per heavy atom. The lowest BCUT2D eigenvalue weighted by molar-refractivity contribution is -0.0504. The van der Waals surface area contributed by atoms with Crippen LogP contribution in [0.5, 0.6) is 5.75 Å². The lowest BCUT2D eigenvalue weighted by Gasteiger charge is -2.13. The zero-order valence-electron chi connectivity index (χ0n) is 17.8. The van der Waals surface area contributed by atoms with Gasteiger partial charge in [-0.25, -0.2) is 0 Å². The number of hydrogen-bond donors (Lipinski definition) is 1. The zero-order chi connectivity index (χ0) is 23.8. The number of amides is 1. The van der Waals surface area contributed by atoms with E-state index in [4.69, 9.17) is 22.1 Å². The van der Waals surface area contributed by atoms with Gasteiger partial charge in [-0.1, -0.05) is 60.1 Å². The number of benzene rings is 4. The number of carbonyl (C=O) groups is 1. The molecule has 4 aromatic carbocycles. The molecule has 1 amide bonds. The largest absolute Gasteiger partial charge is 0.434 e. The van der Waals surface area contributed by atoms with E-state index in [9.17, 15) is 13.6 Å². The van der Waals surface area contributed by atoms with Gasteiger partial charge >= 0.3 is 6.61 Å². The number of ether oxygens (including phenoxy) is 1. The summed E-state index contributed by atoms with van der Waals surface area (Å²) in [5.41, 5.74) is 10.2. The summed E-state index contributed by atoms with van der Waals surface area (Å²) < 4.78 is 32.8. The second-order valence-electron chi connectivity index (χ2n) is 7.88. The van der Waals surface area contributed by atoms with E-state index in [0.717, 1.165) is 32.9 Å². The topological polar surface area (TPSA) is 57.2 Å². The Labute approximate surface area is 199 Å². The number of hydrogen-bond acceptors (Lipinski definition) is 2. The number of aromatic nitrogens is 1. The fourth-order valence-electron chi connectivity index (χ4n) is 4.36. The third-order valence-electron chi connectivity index (χ3n) is 5.85. The maximum atomic E-state index is 13.0. The molecule has 0 spiro atoms. The van der Waals surface area contributed by atoms with Crippen molar-refractivity contribution in [2.45, 2.75) is 13.2 Å². The van der Waals surface area contributed by atoms with Gasteiger partial charge in [0.05, 0.1) is 17.6 Å². The fraction of sp³-hybridized carbons (Fsp3) is 0.0741. The molecule has 0 unspecified atom stereocenters. The maximum Gasteiger partial charge on any atom is 0.387 e. The van der Waals surface area contributed by atoms with Gasteiger partial charge in [0.15, 0.2) is 0 Å². The van der Waals surface area contributed by atoms with Crippen LogP contribution in [0.4, 0.5) is 8.78 Å². The average Bonchev–Trinajstić information content (AvgIpc) is 3.13. The van der Waals surface area contributed by atoms with Crippen LogP contribution in [0, 0.1) is 0 Å². The third-order valence-corrected chi connectivity index (χ3v) is 6.10. The van der Waals surface area contributed by atoms with Gasteiger partial charge in [-0.15, -0.1) is 0 Å². The van der Waals surface area contributed by atoms with Gasteiger partial charge in [0.1, 0.15) is 5.75 Å². The Morgan fingerprint density at radius 2 is 1.65 bits per heavy atom. The van der Waals surface area contributed by atoms with Gasteiger partial charge in [-0.3, -0.25) is 4.79 Å². The Balaban J connectivity index is 1.76. The Kier molecular flexibility index (Phi) is 5.67. The number of nitrogens with zero attached hydrogens (tertiary/aromatic N) is 1. The van der Waals surface area contributed by atoms with E-state index >= 15 is 0 Å². The summed E-state index contributed by atoms with van der Waals surface area (Å²) in [6.07, 6.45) is 0. The normalized spacial score (nSPS) is 11.4. The second kappa shape index (κ2) is 8.80. The van der Waals surface area contributed by atoms with Crippen LogP contribution in [0.1, 0.15) is 15.9 Å². The van der Waals surface area contributed by atoms with Crippen molar-refractivity contribution in [1.82, 2.24) is 4.57 Å². The summed E-state index contributed by atoms with van der Waals surface area (Å²) in [4.78, 5) is 12.2. The van der Waals surface area contributed by atoms with E-state index in [0.29, 0.717) is 16.1 Å². The Morgan fingerprint density at radius 1 is 0.912 bits per heavy atom. The highest BCUT2D eigenvalue weighted by Gasteiger charge is 2.19. The monoisotopic (exact) mass is 476 g/mol. The molecule has 7 heteroatoms. The van der Waals surface area contributed by atoms with Crippen LogP contribution in [0.25, 0.3) is 32.9 Å². The van der Waals surface area contributed by atoms with Crippen molar-refractivity contribution >= 4 is 39.3 Å². The number of halogens is 3. The molecule has 2 N–H and O–H groups in total. The van der Waals surface area contributed by atoms with Gasteiger partial charge in [0.2, 0.25) is 5.91 Å². The molecule has 0 saturated carbocycles. The minimum absolute atomic E-state index is 0.104. The number of primary amides is 1. The van der Waals surface area contributed by atoms with Crippen molar-refractivity contribution in [3.63, 3.8) is 0 Å². The first-order chi connectivity index (χ1) is 16.4. The predicted molar refractivity (Wildman–Crippen MR) is 131 cm³/mol. The molecule has 34 heavy (non-hydrogen) atoms. The maximum absolute atomic E-state index is 13.0. The number of carbonyl (C=O) groups excluding carboxylic acids is 1. The van der Waals surface area contributed by atoms with Gasteiger partial charge < -0.3 is 15.0 Å². The number of para-hydroxylation sites is 1. The van der Waals surface area contributed by atoms with E-state index in [1.54, 1.807) is 30.3 Å². The molecule has 0 aliphatic heterocycles. The van der Waals surface area contributed by atoms with E-state index in [-0.39, 0.29) is 12.3 Å². The molecule has 4 nitrogen and oxygen atoms in total. The SMILES string of the molecule is NC(=O)c1cccc2c1c1ccc(-c3ccc(Cl)cc3)cc1n2Cc1ccccc1OC(F)F. The van der Waals surface area contributed by atoms with Crippen molar-refractivity contribution in [1.29, 1.82) is 0 Å². The van der Waals surface area contributed by atoms with Crippen LogP contribution in [0.3, 0.4) is 0 Å². The van der Waals surface area contributed by atoms with Crippen LogP contribution >= 0.6 is 11.6 Å². The third kappa shape index (κ3) is 3.97. The van der Waals surface area contributed by atoms with Gasteiger partial charge in [0.25, 0.3) is 0 Å². The molecule has 1 aromatic heterocycles. The molecule has 0 fully saturated rings. The van der Waals surface area contributed by atoms with Crippen molar-refractivity contribution in [3.8, 4) is 16.9 Å². The lowest BCUT2D eigenvalue weighted by atomic mass is 10.0. The second-order valence-corrected chi connectivity index (χ2v) is 8.31. The van der Waals surface area contributed by atoms with E-state index < -0.39 is 12.5 Å². The Hall–Kier alpha value is -3.90. The van der Waals surface area contributed by atoms with Crippen LogP contribution in [0.2, 0.25) is 5.02 Å². The zero-order valence-corrected chi connectivity index (χ0v) is 18.6. The Bertz CT molecular complexity index is 1530. The van der Waals surface area contributed by atoms with E-state index in [1.165, 1.54) is 6.07 Å². The van der Waals surface area contributed by atoms with Gasteiger partial charge in [-0.05, 0) is 47.5 Å². The molecule has 0 radical (unpaired) electrons. The van der Waals surface area contributed by atoms with Crippen LogP contribution in [-0.2, 0) is 6.54 Å². The molecule has 0 aliphatic rings. The number of nitrogens with two attached hydrogens (primary N) is 1. The van der Waals surface area contributed by atoms with Crippen molar-refractivity contribution in [3.05, 3.63) is 101 Å². The van der Waals surface area contributed by atoms with Crippen LogP contribution in [-0.4, -0.2) is 17.1 Å². The molecular weight excluding hydrogens is 458 g/mol. The summed E-state index contributed by atoms with van der Waals surface area (Å²) in [6.45, 7) is -2.67. The molecule has 170 valence electrons. The smallest absolute Gasteiger partial charge is 0.387 e. The minimum atomic E-state index is -2.93. The number of alkyl halides is 2.